The van der Waals surface area contributed by atoms with Crippen molar-refractivity contribution in [2.24, 2.45) is 0 Å². The first-order valence-electron chi connectivity index (χ1n) is 6.61. The summed E-state index contributed by atoms with van der Waals surface area (Å²) in [7, 11) is 2.05. The zero-order valence-electron chi connectivity index (χ0n) is 11.2. The monoisotopic (exact) mass is 262 g/mol. The van der Waals surface area contributed by atoms with Gasteiger partial charge in [-0.3, -0.25) is 4.98 Å². The molecule has 4 rings (SSSR count). The minimum atomic E-state index is 0.830. The SMILES string of the molecule is CN1C=CN(c2ccc3ccc4cccnc4c3n2)C1. The number of aromatic nitrogens is 2. The lowest BCUT2D eigenvalue weighted by atomic mass is 10.1. The summed E-state index contributed by atoms with van der Waals surface area (Å²) in [6.45, 7) is 0.830. The fourth-order valence-electron chi connectivity index (χ4n) is 2.55. The Morgan fingerprint density at radius 1 is 0.950 bits per heavy atom. The molecule has 1 aromatic carbocycles. The largest absolute Gasteiger partial charge is 0.361 e. The van der Waals surface area contributed by atoms with Crippen molar-refractivity contribution >= 4 is 27.6 Å². The standard InChI is InChI=1S/C16H14N4/c1-19-9-10-20(11-19)14-7-6-13-5-4-12-3-2-8-17-15(12)16(13)18-14/h2-10H,11H2,1H3. The Hall–Kier alpha value is -2.62. The molecule has 0 aliphatic carbocycles. The molecule has 0 unspecified atom stereocenters. The van der Waals surface area contributed by atoms with Gasteiger partial charge in [-0.25, -0.2) is 4.98 Å². The molecule has 3 heterocycles. The first kappa shape index (κ1) is 11.2. The molecular weight excluding hydrogens is 248 g/mol. The van der Waals surface area contributed by atoms with E-state index in [9.17, 15) is 0 Å². The molecule has 0 radical (unpaired) electrons. The summed E-state index contributed by atoms with van der Waals surface area (Å²) >= 11 is 0. The van der Waals surface area contributed by atoms with E-state index in [2.05, 4.69) is 52.2 Å². The molecule has 3 aromatic rings. The van der Waals surface area contributed by atoms with Crippen LogP contribution in [0.1, 0.15) is 0 Å². The predicted molar refractivity (Wildman–Crippen MR) is 81.3 cm³/mol. The lowest BCUT2D eigenvalue weighted by Gasteiger charge is -2.17. The van der Waals surface area contributed by atoms with Crippen molar-refractivity contribution in [3.05, 3.63) is 55.0 Å². The van der Waals surface area contributed by atoms with E-state index < -0.39 is 0 Å². The molecule has 0 atom stereocenters. The van der Waals surface area contributed by atoms with Gasteiger partial charge in [-0.1, -0.05) is 18.2 Å². The minimum Gasteiger partial charge on any atom is -0.361 e. The number of pyridine rings is 2. The maximum atomic E-state index is 4.81. The summed E-state index contributed by atoms with van der Waals surface area (Å²) in [5.41, 5.74) is 1.92. The number of anilines is 1. The highest BCUT2D eigenvalue weighted by Gasteiger charge is 2.13. The zero-order valence-corrected chi connectivity index (χ0v) is 11.2. The molecule has 0 bridgehead atoms. The van der Waals surface area contributed by atoms with E-state index in [1.54, 1.807) is 0 Å². The van der Waals surface area contributed by atoms with Crippen molar-refractivity contribution in [2.75, 3.05) is 18.6 Å². The first-order valence-corrected chi connectivity index (χ1v) is 6.61. The van der Waals surface area contributed by atoms with Crippen LogP contribution in [0, 0.1) is 0 Å². The van der Waals surface area contributed by atoms with Crippen molar-refractivity contribution in [3.63, 3.8) is 0 Å². The van der Waals surface area contributed by atoms with Gasteiger partial charge in [0.1, 0.15) is 5.82 Å². The van der Waals surface area contributed by atoms with Crippen molar-refractivity contribution in [3.8, 4) is 0 Å². The molecule has 0 saturated heterocycles. The van der Waals surface area contributed by atoms with E-state index in [4.69, 9.17) is 4.98 Å². The Balaban J connectivity index is 1.93. The highest BCUT2D eigenvalue weighted by molar-refractivity contribution is 6.03. The Bertz CT molecular complexity index is 825. The predicted octanol–water partition coefficient (Wildman–Crippen LogP) is 2.96. The number of nitrogens with zero attached hydrogens (tertiary/aromatic N) is 4. The molecule has 20 heavy (non-hydrogen) atoms. The second-order valence-electron chi connectivity index (χ2n) is 5.05. The van der Waals surface area contributed by atoms with Gasteiger partial charge in [0.05, 0.1) is 17.7 Å². The normalized spacial score (nSPS) is 14.7. The summed E-state index contributed by atoms with van der Waals surface area (Å²) in [6, 6.07) is 12.4. The molecule has 98 valence electrons. The van der Waals surface area contributed by atoms with Crippen LogP contribution in [0.15, 0.2) is 55.0 Å². The number of benzene rings is 1. The average Bonchev–Trinajstić information content (AvgIpc) is 2.93. The second-order valence-corrected chi connectivity index (χ2v) is 5.05. The first-order chi connectivity index (χ1) is 9.81. The summed E-state index contributed by atoms with van der Waals surface area (Å²) in [4.78, 5) is 13.5. The van der Waals surface area contributed by atoms with E-state index in [-0.39, 0.29) is 0 Å². The van der Waals surface area contributed by atoms with Crippen molar-refractivity contribution < 1.29 is 0 Å². The Labute approximate surface area is 117 Å². The molecule has 0 saturated carbocycles. The van der Waals surface area contributed by atoms with Gasteiger partial charge in [-0.2, -0.15) is 0 Å². The third kappa shape index (κ3) is 1.69. The van der Waals surface area contributed by atoms with Crippen LogP contribution in [0.25, 0.3) is 21.8 Å². The molecule has 1 aliphatic rings. The Morgan fingerprint density at radius 3 is 2.55 bits per heavy atom. The van der Waals surface area contributed by atoms with Gasteiger partial charge in [0.15, 0.2) is 0 Å². The van der Waals surface area contributed by atoms with Gasteiger partial charge in [0.2, 0.25) is 0 Å². The van der Waals surface area contributed by atoms with Gasteiger partial charge in [-0.05, 0) is 18.2 Å². The highest BCUT2D eigenvalue weighted by atomic mass is 15.3. The van der Waals surface area contributed by atoms with Crippen LogP contribution < -0.4 is 4.90 Å². The van der Waals surface area contributed by atoms with Crippen molar-refractivity contribution in [1.82, 2.24) is 14.9 Å². The van der Waals surface area contributed by atoms with Gasteiger partial charge in [-0.15, -0.1) is 0 Å². The maximum absolute atomic E-state index is 4.81. The van der Waals surface area contributed by atoms with E-state index in [1.807, 2.05) is 24.7 Å². The third-order valence-corrected chi connectivity index (χ3v) is 3.59. The van der Waals surface area contributed by atoms with Crippen LogP contribution in [0.3, 0.4) is 0 Å². The number of fused-ring (bicyclic) bond motifs is 3. The van der Waals surface area contributed by atoms with E-state index in [1.165, 1.54) is 0 Å². The molecule has 2 aromatic heterocycles. The quantitative estimate of drug-likeness (QED) is 0.631. The highest BCUT2D eigenvalue weighted by Crippen LogP contribution is 2.25. The van der Waals surface area contributed by atoms with Crippen LogP contribution in [-0.2, 0) is 0 Å². The number of hydrogen-bond acceptors (Lipinski definition) is 4. The molecule has 0 N–H and O–H groups in total. The maximum Gasteiger partial charge on any atom is 0.134 e. The fourth-order valence-corrected chi connectivity index (χ4v) is 2.55. The second kappa shape index (κ2) is 4.20. The lowest BCUT2D eigenvalue weighted by molar-refractivity contribution is 0.494. The molecule has 0 amide bonds. The van der Waals surface area contributed by atoms with Crippen molar-refractivity contribution in [2.45, 2.75) is 0 Å². The van der Waals surface area contributed by atoms with Gasteiger partial charge < -0.3 is 9.80 Å². The summed E-state index contributed by atoms with van der Waals surface area (Å²) in [6.07, 6.45) is 5.92. The summed E-state index contributed by atoms with van der Waals surface area (Å²) in [5, 5.41) is 2.25. The molecule has 0 fully saturated rings. The van der Waals surface area contributed by atoms with Crippen LogP contribution in [0.5, 0.6) is 0 Å². The summed E-state index contributed by atoms with van der Waals surface area (Å²) < 4.78 is 0. The van der Waals surface area contributed by atoms with Crippen LogP contribution in [0.4, 0.5) is 5.82 Å². The average molecular weight is 262 g/mol. The van der Waals surface area contributed by atoms with Gasteiger partial charge in [0, 0.05) is 36.4 Å². The summed E-state index contributed by atoms with van der Waals surface area (Å²) in [5.74, 6) is 0.955. The number of hydrogen-bond donors (Lipinski definition) is 0. The fraction of sp³-hybridized carbons (Fsp3) is 0.125. The lowest BCUT2D eigenvalue weighted by Crippen LogP contribution is -2.22. The Morgan fingerprint density at radius 2 is 1.75 bits per heavy atom. The Kier molecular flexibility index (Phi) is 2.36. The van der Waals surface area contributed by atoms with E-state index in [0.29, 0.717) is 0 Å². The smallest absolute Gasteiger partial charge is 0.134 e. The molecule has 0 spiro atoms. The van der Waals surface area contributed by atoms with E-state index in [0.717, 1.165) is 34.3 Å². The molecule has 1 aliphatic heterocycles. The van der Waals surface area contributed by atoms with Crippen LogP contribution in [-0.4, -0.2) is 28.6 Å². The third-order valence-electron chi connectivity index (χ3n) is 3.59. The molecule has 4 heteroatoms. The van der Waals surface area contributed by atoms with Crippen LogP contribution in [0.2, 0.25) is 0 Å². The molecule has 4 nitrogen and oxygen atoms in total. The zero-order chi connectivity index (χ0) is 13.5. The van der Waals surface area contributed by atoms with E-state index >= 15 is 0 Å². The van der Waals surface area contributed by atoms with Crippen LogP contribution >= 0.6 is 0 Å². The topological polar surface area (TPSA) is 32.3 Å². The molecular formula is C16H14N4. The minimum absolute atomic E-state index is 0.830. The number of rotatable bonds is 1. The van der Waals surface area contributed by atoms with Crippen molar-refractivity contribution in [1.29, 1.82) is 0 Å². The van der Waals surface area contributed by atoms with Gasteiger partial charge in [0.25, 0.3) is 0 Å². The van der Waals surface area contributed by atoms with Gasteiger partial charge >= 0.3 is 0 Å².